The van der Waals surface area contributed by atoms with E-state index in [-0.39, 0.29) is 12.6 Å². The van der Waals surface area contributed by atoms with Gasteiger partial charge in [0, 0.05) is 5.38 Å². The summed E-state index contributed by atoms with van der Waals surface area (Å²) in [5.74, 6) is 1.05. The molecular weight excluding hydrogens is 310 g/mol. The number of thiazole rings is 1. The number of hydrogen-bond donors (Lipinski definition) is 0. The maximum absolute atomic E-state index is 12.0. The van der Waals surface area contributed by atoms with Gasteiger partial charge < -0.3 is 9.47 Å². The predicted molar refractivity (Wildman–Crippen MR) is 88.9 cm³/mol. The molecule has 0 saturated carbocycles. The SMILES string of the molecule is Cc1nc(COC(=O)c2ccc(Oc3ccccc3)cc2)cs1. The molecule has 0 radical (unpaired) electrons. The Hall–Kier alpha value is -2.66. The van der Waals surface area contributed by atoms with Gasteiger partial charge in [-0.2, -0.15) is 0 Å². The fraction of sp³-hybridized carbons (Fsp3) is 0.111. The van der Waals surface area contributed by atoms with Gasteiger partial charge in [0.05, 0.1) is 16.3 Å². The third-order valence-corrected chi connectivity index (χ3v) is 3.91. The Labute approximate surface area is 138 Å². The Kier molecular flexibility index (Phi) is 4.68. The number of hydrogen-bond acceptors (Lipinski definition) is 5. The summed E-state index contributed by atoms with van der Waals surface area (Å²) in [7, 11) is 0. The monoisotopic (exact) mass is 325 g/mol. The van der Waals surface area contributed by atoms with E-state index in [0.29, 0.717) is 11.3 Å². The van der Waals surface area contributed by atoms with Crippen molar-refractivity contribution in [3.05, 3.63) is 76.2 Å². The Morgan fingerprint density at radius 2 is 1.74 bits per heavy atom. The lowest BCUT2D eigenvalue weighted by Crippen LogP contribution is -2.05. The Bertz CT molecular complexity index is 782. The number of nitrogens with zero attached hydrogens (tertiary/aromatic N) is 1. The Morgan fingerprint density at radius 3 is 2.39 bits per heavy atom. The van der Waals surface area contributed by atoms with Crippen LogP contribution in [0.25, 0.3) is 0 Å². The molecule has 4 nitrogen and oxygen atoms in total. The Balaban J connectivity index is 1.59. The van der Waals surface area contributed by atoms with Crippen molar-refractivity contribution in [1.82, 2.24) is 4.98 Å². The van der Waals surface area contributed by atoms with Crippen molar-refractivity contribution in [1.29, 1.82) is 0 Å². The van der Waals surface area contributed by atoms with Gasteiger partial charge in [-0.15, -0.1) is 11.3 Å². The van der Waals surface area contributed by atoms with Crippen LogP contribution in [0.15, 0.2) is 60.0 Å². The zero-order valence-electron chi connectivity index (χ0n) is 12.6. The average Bonchev–Trinajstić information content (AvgIpc) is 3.00. The van der Waals surface area contributed by atoms with Gasteiger partial charge in [-0.25, -0.2) is 9.78 Å². The highest BCUT2D eigenvalue weighted by atomic mass is 32.1. The minimum Gasteiger partial charge on any atom is -0.457 e. The van der Waals surface area contributed by atoms with Crippen LogP contribution in [0.1, 0.15) is 21.1 Å². The molecule has 0 spiro atoms. The van der Waals surface area contributed by atoms with Crippen LogP contribution in [0.2, 0.25) is 0 Å². The fourth-order valence-corrected chi connectivity index (χ4v) is 2.58. The van der Waals surface area contributed by atoms with E-state index in [2.05, 4.69) is 4.98 Å². The van der Waals surface area contributed by atoms with Crippen LogP contribution in [0.5, 0.6) is 11.5 Å². The third kappa shape index (κ3) is 4.17. The summed E-state index contributed by atoms with van der Waals surface area (Å²) in [6.45, 7) is 2.10. The van der Waals surface area contributed by atoms with Crippen LogP contribution in [0.4, 0.5) is 0 Å². The number of benzene rings is 2. The van der Waals surface area contributed by atoms with Crippen molar-refractivity contribution in [2.45, 2.75) is 13.5 Å². The molecule has 0 amide bonds. The molecule has 0 aliphatic heterocycles. The lowest BCUT2D eigenvalue weighted by atomic mass is 10.2. The number of aryl methyl sites for hydroxylation is 1. The first kappa shape index (κ1) is 15.2. The average molecular weight is 325 g/mol. The lowest BCUT2D eigenvalue weighted by molar-refractivity contribution is 0.0468. The van der Waals surface area contributed by atoms with E-state index in [4.69, 9.17) is 9.47 Å². The molecule has 2 aromatic carbocycles. The zero-order chi connectivity index (χ0) is 16.1. The van der Waals surface area contributed by atoms with E-state index >= 15 is 0 Å². The minimum atomic E-state index is -0.373. The first-order chi connectivity index (χ1) is 11.2. The Morgan fingerprint density at radius 1 is 1.04 bits per heavy atom. The van der Waals surface area contributed by atoms with E-state index in [9.17, 15) is 4.79 Å². The molecule has 0 saturated heterocycles. The standard InChI is InChI=1S/C18H15NO3S/c1-13-19-15(12-23-13)11-21-18(20)14-7-9-17(10-8-14)22-16-5-3-2-4-6-16/h2-10,12H,11H2,1H3. The van der Waals surface area contributed by atoms with Gasteiger partial charge in [-0.1, -0.05) is 18.2 Å². The third-order valence-electron chi connectivity index (χ3n) is 3.09. The fourth-order valence-electron chi connectivity index (χ4n) is 1.98. The van der Waals surface area contributed by atoms with E-state index in [0.717, 1.165) is 16.5 Å². The van der Waals surface area contributed by atoms with Gasteiger partial charge in [-0.05, 0) is 43.3 Å². The molecular formula is C18H15NO3S. The number of carbonyl (C=O) groups excluding carboxylic acids is 1. The quantitative estimate of drug-likeness (QED) is 0.643. The summed E-state index contributed by atoms with van der Waals surface area (Å²) >= 11 is 1.54. The minimum absolute atomic E-state index is 0.186. The first-order valence-electron chi connectivity index (χ1n) is 7.12. The molecule has 1 aromatic heterocycles. The molecule has 0 unspecified atom stereocenters. The van der Waals surface area contributed by atoms with Gasteiger partial charge in [0.25, 0.3) is 0 Å². The lowest BCUT2D eigenvalue weighted by Gasteiger charge is -2.06. The number of esters is 1. The molecule has 1 heterocycles. The highest BCUT2D eigenvalue weighted by Crippen LogP contribution is 2.21. The van der Waals surface area contributed by atoms with Gasteiger partial charge in [0.15, 0.2) is 0 Å². The van der Waals surface area contributed by atoms with Crippen molar-refractivity contribution < 1.29 is 14.3 Å². The number of ether oxygens (including phenoxy) is 2. The van der Waals surface area contributed by atoms with E-state index < -0.39 is 0 Å². The van der Waals surface area contributed by atoms with E-state index in [1.807, 2.05) is 42.6 Å². The van der Waals surface area contributed by atoms with Crippen LogP contribution >= 0.6 is 11.3 Å². The first-order valence-corrected chi connectivity index (χ1v) is 8.00. The van der Waals surface area contributed by atoms with Crippen LogP contribution in [0, 0.1) is 6.92 Å². The summed E-state index contributed by atoms with van der Waals surface area (Å²) in [5.41, 5.74) is 1.25. The van der Waals surface area contributed by atoms with Crippen molar-refractivity contribution in [3.8, 4) is 11.5 Å². The zero-order valence-corrected chi connectivity index (χ0v) is 13.4. The van der Waals surface area contributed by atoms with E-state index in [1.54, 1.807) is 24.3 Å². The van der Waals surface area contributed by atoms with Crippen molar-refractivity contribution >= 4 is 17.3 Å². The molecule has 23 heavy (non-hydrogen) atoms. The summed E-state index contributed by atoms with van der Waals surface area (Å²) in [5, 5.41) is 2.85. The number of rotatable bonds is 5. The smallest absolute Gasteiger partial charge is 0.338 e. The second-order valence-electron chi connectivity index (χ2n) is 4.87. The van der Waals surface area contributed by atoms with Crippen molar-refractivity contribution in [2.24, 2.45) is 0 Å². The maximum atomic E-state index is 12.0. The van der Waals surface area contributed by atoms with Crippen LogP contribution in [0.3, 0.4) is 0 Å². The molecule has 3 rings (SSSR count). The molecule has 3 aromatic rings. The van der Waals surface area contributed by atoms with Crippen LogP contribution < -0.4 is 4.74 Å². The maximum Gasteiger partial charge on any atom is 0.338 e. The topological polar surface area (TPSA) is 48.4 Å². The van der Waals surface area contributed by atoms with Crippen LogP contribution in [-0.2, 0) is 11.3 Å². The van der Waals surface area contributed by atoms with Crippen LogP contribution in [-0.4, -0.2) is 11.0 Å². The van der Waals surface area contributed by atoms with Gasteiger partial charge >= 0.3 is 5.97 Å². The number of carbonyl (C=O) groups is 1. The normalized spacial score (nSPS) is 10.3. The highest BCUT2D eigenvalue weighted by molar-refractivity contribution is 7.09. The molecule has 0 bridgehead atoms. The highest BCUT2D eigenvalue weighted by Gasteiger charge is 2.09. The number of para-hydroxylation sites is 1. The predicted octanol–water partition coefficient (Wildman–Crippen LogP) is 4.60. The van der Waals surface area contributed by atoms with Gasteiger partial charge in [0.1, 0.15) is 18.1 Å². The molecule has 0 N–H and O–H groups in total. The summed E-state index contributed by atoms with van der Waals surface area (Å²) < 4.78 is 10.9. The van der Waals surface area contributed by atoms with E-state index in [1.165, 1.54) is 11.3 Å². The van der Waals surface area contributed by atoms with Gasteiger partial charge in [-0.3, -0.25) is 0 Å². The summed E-state index contributed by atoms with van der Waals surface area (Å²) in [6, 6.07) is 16.3. The van der Waals surface area contributed by atoms with Crippen molar-refractivity contribution in [3.63, 3.8) is 0 Å². The van der Waals surface area contributed by atoms with Crippen molar-refractivity contribution in [2.75, 3.05) is 0 Å². The van der Waals surface area contributed by atoms with Gasteiger partial charge in [0.2, 0.25) is 0 Å². The second-order valence-corrected chi connectivity index (χ2v) is 5.94. The molecule has 0 aliphatic rings. The summed E-state index contributed by atoms with van der Waals surface area (Å²) in [4.78, 5) is 16.3. The molecule has 5 heteroatoms. The molecule has 0 atom stereocenters. The molecule has 0 fully saturated rings. The molecule has 116 valence electrons. The second kappa shape index (κ2) is 7.07. The summed E-state index contributed by atoms with van der Waals surface area (Å²) in [6.07, 6.45) is 0. The molecule has 0 aliphatic carbocycles. The largest absolute Gasteiger partial charge is 0.457 e. The number of aromatic nitrogens is 1.